The fraction of sp³-hybridized carbons (Fsp3) is 0. The first kappa shape index (κ1) is 24.7. The molecule has 12 heteroatoms. The maximum atomic E-state index is 10.6. The minimum absolute atomic E-state index is 0.0786. The van der Waals surface area contributed by atoms with Gasteiger partial charge in [0.1, 0.15) is 0 Å². The second kappa shape index (κ2) is 11.0. The number of nitrogens with zero attached hydrogens (tertiary/aromatic N) is 4. The van der Waals surface area contributed by atoms with E-state index in [-0.39, 0.29) is 11.4 Å². The molecule has 0 bridgehead atoms. The van der Waals surface area contributed by atoms with E-state index in [2.05, 4.69) is 20.6 Å². The van der Waals surface area contributed by atoms with E-state index < -0.39 is 9.85 Å². The van der Waals surface area contributed by atoms with Gasteiger partial charge in [-0.05, 0) is 48.5 Å². The van der Waals surface area contributed by atoms with Gasteiger partial charge in [0.05, 0.1) is 30.3 Å². The van der Waals surface area contributed by atoms with Gasteiger partial charge in [0.25, 0.3) is 11.4 Å². The van der Waals surface area contributed by atoms with Gasteiger partial charge < -0.3 is 10.6 Å². The number of benzene rings is 4. The third kappa shape index (κ3) is 5.88. The molecule has 0 saturated carbocycles. The first-order chi connectivity index (χ1) is 18.4. The maximum absolute atomic E-state index is 10.6. The lowest BCUT2D eigenvalue weighted by Crippen LogP contribution is -1.91. The Morgan fingerprint density at radius 1 is 0.553 bits per heavy atom. The molecule has 38 heavy (non-hydrogen) atoms. The molecule has 2 aromatic heterocycles. The predicted molar refractivity (Wildman–Crippen MR) is 152 cm³/mol. The standard InChI is InChI=1S/2C13H9N3O2S/c2*17-16(18)10-7-5-9(6-8-10)14-13-15-11-3-1-2-4-12(11)19-13/h2*1-8H,(H,14,15). The van der Waals surface area contributed by atoms with Gasteiger partial charge in [-0.1, -0.05) is 46.9 Å². The normalized spacial score (nSPS) is 10.5. The maximum Gasteiger partial charge on any atom is 0.269 e. The number of nitro groups is 2. The fourth-order valence-corrected chi connectivity index (χ4v) is 5.20. The van der Waals surface area contributed by atoms with E-state index in [4.69, 9.17) is 0 Å². The monoisotopic (exact) mass is 542 g/mol. The van der Waals surface area contributed by atoms with E-state index in [0.717, 1.165) is 42.1 Å². The number of hydrogen-bond donors (Lipinski definition) is 2. The summed E-state index contributed by atoms with van der Waals surface area (Å²) in [6.45, 7) is 0. The predicted octanol–water partition coefficient (Wildman–Crippen LogP) is 7.90. The van der Waals surface area contributed by atoms with Crippen LogP contribution in [0.2, 0.25) is 0 Å². The van der Waals surface area contributed by atoms with Crippen molar-refractivity contribution >= 4 is 76.1 Å². The van der Waals surface area contributed by atoms with Crippen LogP contribution in [0.3, 0.4) is 0 Å². The van der Waals surface area contributed by atoms with E-state index in [1.54, 1.807) is 46.9 Å². The topological polar surface area (TPSA) is 136 Å². The van der Waals surface area contributed by atoms with Crippen LogP contribution in [0.5, 0.6) is 0 Å². The Bertz CT molecular complexity index is 1540. The van der Waals surface area contributed by atoms with E-state index in [1.807, 2.05) is 48.5 Å². The zero-order valence-electron chi connectivity index (χ0n) is 19.5. The van der Waals surface area contributed by atoms with Crippen molar-refractivity contribution in [3.05, 3.63) is 117 Å². The Labute approximate surface area is 223 Å². The number of hydrogen-bond acceptors (Lipinski definition) is 10. The van der Waals surface area contributed by atoms with Crippen LogP contribution in [-0.4, -0.2) is 19.8 Å². The first-order valence-corrected chi connectivity index (χ1v) is 12.8. The number of nitro benzene ring substituents is 2. The van der Waals surface area contributed by atoms with Crippen LogP contribution < -0.4 is 10.6 Å². The highest BCUT2D eigenvalue weighted by atomic mass is 32.1. The molecule has 0 unspecified atom stereocenters. The summed E-state index contributed by atoms with van der Waals surface area (Å²) in [5.74, 6) is 0. The number of non-ortho nitro benzene ring substituents is 2. The number of rotatable bonds is 6. The van der Waals surface area contributed by atoms with Crippen LogP contribution >= 0.6 is 22.7 Å². The second-order valence-corrected chi connectivity index (χ2v) is 9.89. The van der Waals surface area contributed by atoms with Crippen molar-refractivity contribution in [3.8, 4) is 0 Å². The summed E-state index contributed by atoms with van der Waals surface area (Å²) in [4.78, 5) is 29.2. The highest BCUT2D eigenvalue weighted by molar-refractivity contribution is 7.22. The molecule has 0 atom stereocenters. The van der Waals surface area contributed by atoms with E-state index in [9.17, 15) is 20.2 Å². The molecule has 6 rings (SSSR count). The van der Waals surface area contributed by atoms with Gasteiger partial charge in [-0.2, -0.15) is 0 Å². The zero-order chi connectivity index (χ0) is 26.5. The summed E-state index contributed by atoms with van der Waals surface area (Å²) in [6.07, 6.45) is 0. The molecule has 0 fully saturated rings. The molecule has 0 amide bonds. The molecular weight excluding hydrogens is 524 g/mol. The molecule has 188 valence electrons. The van der Waals surface area contributed by atoms with Crippen molar-refractivity contribution in [1.29, 1.82) is 0 Å². The molecule has 0 aliphatic carbocycles. The second-order valence-electron chi connectivity index (χ2n) is 7.83. The molecule has 0 aliphatic rings. The van der Waals surface area contributed by atoms with Crippen molar-refractivity contribution in [2.75, 3.05) is 10.6 Å². The molecule has 6 aromatic rings. The van der Waals surface area contributed by atoms with Crippen LogP contribution in [0.1, 0.15) is 0 Å². The minimum Gasteiger partial charge on any atom is -0.332 e. The third-order valence-electron chi connectivity index (χ3n) is 5.25. The van der Waals surface area contributed by atoms with Gasteiger partial charge in [0.15, 0.2) is 10.3 Å². The van der Waals surface area contributed by atoms with Crippen LogP contribution in [0, 0.1) is 20.2 Å². The number of anilines is 4. The van der Waals surface area contributed by atoms with Gasteiger partial charge in [-0.25, -0.2) is 9.97 Å². The Morgan fingerprint density at radius 2 is 0.921 bits per heavy atom. The Balaban J connectivity index is 0.000000155. The molecule has 0 spiro atoms. The first-order valence-electron chi connectivity index (χ1n) is 11.2. The number of fused-ring (bicyclic) bond motifs is 2. The SMILES string of the molecule is O=[N+]([O-])c1ccc(Nc2nc3ccccc3s2)cc1.O=[N+]([O-])c1ccc(Nc2nc3ccccc3s2)cc1. The fourth-order valence-electron chi connectivity index (χ4n) is 3.43. The molecular formula is C26H18N6O4S2. The third-order valence-corrected chi connectivity index (χ3v) is 7.15. The molecule has 4 aromatic carbocycles. The summed E-state index contributed by atoms with van der Waals surface area (Å²) in [5.41, 5.74) is 3.60. The highest BCUT2D eigenvalue weighted by Gasteiger charge is 2.07. The van der Waals surface area contributed by atoms with Gasteiger partial charge in [-0.3, -0.25) is 20.2 Å². The average molecular weight is 543 g/mol. The Hall–Kier alpha value is -4.94. The lowest BCUT2D eigenvalue weighted by atomic mass is 10.3. The molecule has 2 N–H and O–H groups in total. The zero-order valence-corrected chi connectivity index (χ0v) is 21.1. The van der Waals surface area contributed by atoms with E-state index in [0.29, 0.717) is 0 Å². The number of aromatic nitrogens is 2. The summed E-state index contributed by atoms with van der Waals surface area (Å²) in [6, 6.07) is 28.3. The summed E-state index contributed by atoms with van der Waals surface area (Å²) >= 11 is 3.09. The van der Waals surface area contributed by atoms with E-state index in [1.165, 1.54) is 24.3 Å². The molecule has 10 nitrogen and oxygen atoms in total. The van der Waals surface area contributed by atoms with Crippen molar-refractivity contribution < 1.29 is 9.85 Å². The quantitative estimate of drug-likeness (QED) is 0.160. The average Bonchev–Trinajstić information content (AvgIpc) is 3.52. The molecule has 2 heterocycles. The summed E-state index contributed by atoms with van der Waals surface area (Å²) < 4.78 is 2.21. The summed E-state index contributed by atoms with van der Waals surface area (Å²) in [7, 11) is 0. The van der Waals surface area contributed by atoms with Crippen LogP contribution in [0.4, 0.5) is 33.0 Å². The van der Waals surface area contributed by atoms with Crippen molar-refractivity contribution in [2.24, 2.45) is 0 Å². The van der Waals surface area contributed by atoms with Crippen molar-refractivity contribution in [2.45, 2.75) is 0 Å². The van der Waals surface area contributed by atoms with E-state index >= 15 is 0 Å². The van der Waals surface area contributed by atoms with Gasteiger partial charge in [0.2, 0.25) is 0 Å². The lowest BCUT2D eigenvalue weighted by Gasteiger charge is -2.00. The van der Waals surface area contributed by atoms with Crippen LogP contribution in [-0.2, 0) is 0 Å². The highest BCUT2D eigenvalue weighted by Crippen LogP contribution is 2.29. The largest absolute Gasteiger partial charge is 0.332 e. The number of para-hydroxylation sites is 2. The van der Waals surface area contributed by atoms with Gasteiger partial charge in [-0.15, -0.1) is 0 Å². The number of nitrogens with one attached hydrogen (secondary N) is 2. The van der Waals surface area contributed by atoms with Crippen molar-refractivity contribution in [1.82, 2.24) is 9.97 Å². The summed E-state index contributed by atoms with van der Waals surface area (Å²) in [5, 5.41) is 29.0. The Morgan fingerprint density at radius 3 is 1.26 bits per heavy atom. The van der Waals surface area contributed by atoms with Crippen LogP contribution in [0.15, 0.2) is 97.1 Å². The number of thiazole rings is 2. The minimum atomic E-state index is -0.415. The molecule has 0 aliphatic heterocycles. The van der Waals surface area contributed by atoms with Gasteiger partial charge >= 0.3 is 0 Å². The molecule has 0 radical (unpaired) electrons. The lowest BCUT2D eigenvalue weighted by molar-refractivity contribution is -0.385. The Kier molecular flexibility index (Phi) is 7.15. The van der Waals surface area contributed by atoms with Crippen LogP contribution in [0.25, 0.3) is 20.4 Å². The molecule has 0 saturated heterocycles. The van der Waals surface area contributed by atoms with Crippen molar-refractivity contribution in [3.63, 3.8) is 0 Å². The smallest absolute Gasteiger partial charge is 0.269 e. The van der Waals surface area contributed by atoms with Gasteiger partial charge in [0, 0.05) is 35.6 Å².